The van der Waals surface area contributed by atoms with Crippen LogP contribution in [0.5, 0.6) is 5.75 Å². The van der Waals surface area contributed by atoms with E-state index in [1.165, 1.54) is 12.8 Å². The molecule has 7 heteroatoms. The maximum atomic E-state index is 6.32. The molecule has 0 atom stereocenters. The summed E-state index contributed by atoms with van der Waals surface area (Å²) in [6, 6.07) is 5.90. The van der Waals surface area contributed by atoms with Crippen LogP contribution >= 0.6 is 11.6 Å². The van der Waals surface area contributed by atoms with E-state index in [0.717, 1.165) is 54.6 Å². The van der Waals surface area contributed by atoms with Crippen molar-refractivity contribution < 1.29 is 4.74 Å². The van der Waals surface area contributed by atoms with Gasteiger partial charge in [-0.15, -0.1) is 0 Å². The number of piperidine rings is 1. The van der Waals surface area contributed by atoms with Gasteiger partial charge >= 0.3 is 0 Å². The molecule has 3 heterocycles. The molecule has 3 aromatic rings. The molecule has 4 rings (SSSR count). The minimum Gasteiger partial charge on any atom is -0.495 e. The van der Waals surface area contributed by atoms with Gasteiger partial charge in [0.05, 0.1) is 17.8 Å². The lowest BCUT2D eigenvalue weighted by Gasteiger charge is -2.32. The van der Waals surface area contributed by atoms with E-state index in [0.29, 0.717) is 16.5 Å². The summed E-state index contributed by atoms with van der Waals surface area (Å²) in [5.41, 5.74) is 8.60. The summed E-state index contributed by atoms with van der Waals surface area (Å²) in [6.45, 7) is 4.85. The molecule has 1 aromatic carbocycles. The van der Waals surface area contributed by atoms with Gasteiger partial charge in [-0.1, -0.05) is 11.6 Å². The van der Waals surface area contributed by atoms with Crippen LogP contribution in [-0.2, 0) is 0 Å². The van der Waals surface area contributed by atoms with E-state index in [-0.39, 0.29) is 0 Å². The molecule has 6 nitrogen and oxygen atoms in total. The minimum atomic E-state index is 0.578. The lowest BCUT2D eigenvalue weighted by molar-refractivity contribution is 0.385. The number of hydrogen-bond acceptors (Lipinski definition) is 5. The molecule has 0 aliphatic carbocycles. The van der Waals surface area contributed by atoms with E-state index in [2.05, 4.69) is 11.0 Å². The monoisotopic (exact) mass is 399 g/mol. The third kappa shape index (κ3) is 3.66. The van der Waals surface area contributed by atoms with Crippen LogP contribution in [0.15, 0.2) is 30.6 Å². The molecule has 1 aliphatic heterocycles. The molecule has 1 fully saturated rings. The Morgan fingerprint density at radius 1 is 1.25 bits per heavy atom. The van der Waals surface area contributed by atoms with Crippen molar-refractivity contribution in [3.63, 3.8) is 0 Å². The zero-order valence-corrected chi connectivity index (χ0v) is 17.1. The fraction of sp³-hybridized carbons (Fsp3) is 0.429. The Morgan fingerprint density at radius 3 is 2.75 bits per heavy atom. The number of fused-ring (bicyclic) bond motifs is 1. The Hall–Kier alpha value is -2.31. The molecule has 0 radical (unpaired) electrons. The maximum absolute atomic E-state index is 6.32. The summed E-state index contributed by atoms with van der Waals surface area (Å²) < 4.78 is 7.25. The van der Waals surface area contributed by atoms with E-state index >= 15 is 0 Å². The Bertz CT molecular complexity index is 978. The molecule has 0 spiro atoms. The van der Waals surface area contributed by atoms with E-state index in [1.807, 2.05) is 35.9 Å². The summed E-state index contributed by atoms with van der Waals surface area (Å²) in [5.74, 6) is 3.10. The molecule has 0 saturated carbocycles. The zero-order chi connectivity index (χ0) is 19.7. The molecule has 1 saturated heterocycles. The number of imidazole rings is 1. The van der Waals surface area contributed by atoms with Crippen molar-refractivity contribution in [3.8, 4) is 17.0 Å². The SMILES string of the molecule is COc1cc(C)c(-c2cn3ccc(N4CCC(CCN)CC4)nc3n2)cc1Cl. The van der Waals surface area contributed by atoms with Gasteiger partial charge in [-0.3, -0.25) is 4.40 Å². The van der Waals surface area contributed by atoms with Gasteiger partial charge in [-0.2, -0.15) is 4.98 Å². The molecule has 0 bridgehead atoms. The second-order valence-corrected chi connectivity index (χ2v) is 7.84. The van der Waals surface area contributed by atoms with Gasteiger partial charge < -0.3 is 15.4 Å². The molecular formula is C21H26ClN5O. The molecule has 0 unspecified atom stereocenters. The Labute approximate surface area is 170 Å². The van der Waals surface area contributed by atoms with Gasteiger partial charge in [0, 0.05) is 31.0 Å². The molecule has 2 aromatic heterocycles. The van der Waals surface area contributed by atoms with Crippen LogP contribution in [0, 0.1) is 12.8 Å². The second-order valence-electron chi connectivity index (χ2n) is 7.43. The van der Waals surface area contributed by atoms with Crippen molar-refractivity contribution in [2.24, 2.45) is 11.7 Å². The zero-order valence-electron chi connectivity index (χ0n) is 16.4. The van der Waals surface area contributed by atoms with E-state index in [9.17, 15) is 0 Å². The number of ether oxygens (including phenoxy) is 1. The van der Waals surface area contributed by atoms with Crippen LogP contribution in [0.1, 0.15) is 24.8 Å². The normalized spacial score (nSPS) is 15.4. The fourth-order valence-corrected chi connectivity index (χ4v) is 4.18. The van der Waals surface area contributed by atoms with Gasteiger partial charge in [0.1, 0.15) is 11.6 Å². The summed E-state index contributed by atoms with van der Waals surface area (Å²) in [6.07, 6.45) is 7.49. The first-order valence-electron chi connectivity index (χ1n) is 9.74. The number of rotatable bonds is 5. The third-order valence-corrected chi connectivity index (χ3v) is 5.90. The van der Waals surface area contributed by atoms with Crippen molar-refractivity contribution in [3.05, 3.63) is 41.2 Å². The average Bonchev–Trinajstić information content (AvgIpc) is 3.13. The largest absolute Gasteiger partial charge is 0.495 e. The Kier molecular flexibility index (Phi) is 5.42. The standard InChI is InChI=1S/C21H26ClN5O/c1-14-11-19(28-2)17(22)12-16(14)18-13-27-10-6-20(25-21(27)24-18)26-8-4-15(3-7-23)5-9-26/h6,10-13,15H,3-5,7-9,23H2,1-2H3. The molecule has 28 heavy (non-hydrogen) atoms. The number of hydrogen-bond donors (Lipinski definition) is 1. The lowest BCUT2D eigenvalue weighted by Crippen LogP contribution is -2.34. The van der Waals surface area contributed by atoms with Gasteiger partial charge in [0.15, 0.2) is 0 Å². The van der Waals surface area contributed by atoms with E-state index < -0.39 is 0 Å². The number of nitrogens with two attached hydrogens (primary N) is 1. The van der Waals surface area contributed by atoms with Crippen molar-refractivity contribution in [2.75, 3.05) is 31.6 Å². The highest BCUT2D eigenvalue weighted by Gasteiger charge is 2.20. The third-order valence-electron chi connectivity index (χ3n) is 5.60. The van der Waals surface area contributed by atoms with E-state index in [4.69, 9.17) is 32.0 Å². The van der Waals surface area contributed by atoms with Crippen molar-refractivity contribution >= 4 is 23.2 Å². The first kappa shape index (κ1) is 19.0. The molecule has 1 aliphatic rings. The van der Waals surface area contributed by atoms with Crippen molar-refractivity contribution in [1.29, 1.82) is 0 Å². The highest BCUT2D eigenvalue weighted by molar-refractivity contribution is 6.32. The van der Waals surface area contributed by atoms with E-state index in [1.54, 1.807) is 7.11 Å². The smallest absolute Gasteiger partial charge is 0.236 e. The summed E-state index contributed by atoms with van der Waals surface area (Å²) in [5, 5.41) is 0.578. The van der Waals surface area contributed by atoms with Crippen molar-refractivity contribution in [2.45, 2.75) is 26.2 Å². The number of anilines is 1. The quantitative estimate of drug-likeness (QED) is 0.703. The van der Waals surface area contributed by atoms with Gasteiger partial charge in [0.25, 0.3) is 0 Å². The van der Waals surface area contributed by atoms with Crippen molar-refractivity contribution in [1.82, 2.24) is 14.4 Å². The number of aromatic nitrogens is 3. The molecule has 148 valence electrons. The number of methoxy groups -OCH3 is 1. The fourth-order valence-electron chi connectivity index (χ4n) is 3.94. The topological polar surface area (TPSA) is 68.7 Å². The number of nitrogens with zero attached hydrogens (tertiary/aromatic N) is 4. The summed E-state index contributed by atoms with van der Waals surface area (Å²) >= 11 is 6.32. The summed E-state index contributed by atoms with van der Waals surface area (Å²) in [7, 11) is 1.62. The number of aryl methyl sites for hydroxylation is 1. The van der Waals surface area contributed by atoms with Gasteiger partial charge in [-0.05, 0) is 62.4 Å². The maximum Gasteiger partial charge on any atom is 0.236 e. The van der Waals surface area contributed by atoms with Crippen LogP contribution < -0.4 is 15.4 Å². The van der Waals surface area contributed by atoms with Gasteiger partial charge in [-0.25, -0.2) is 4.98 Å². The Balaban J connectivity index is 1.60. The number of halogens is 1. The number of benzene rings is 1. The van der Waals surface area contributed by atoms with Crippen LogP contribution in [0.3, 0.4) is 0 Å². The molecule has 0 amide bonds. The van der Waals surface area contributed by atoms with Crippen LogP contribution in [0.25, 0.3) is 17.0 Å². The summed E-state index contributed by atoms with van der Waals surface area (Å²) in [4.78, 5) is 11.9. The highest BCUT2D eigenvalue weighted by atomic mass is 35.5. The minimum absolute atomic E-state index is 0.578. The molecular weight excluding hydrogens is 374 g/mol. The molecule has 2 N–H and O–H groups in total. The predicted octanol–water partition coefficient (Wildman–Crippen LogP) is 3.93. The average molecular weight is 400 g/mol. The first-order chi connectivity index (χ1) is 13.6. The van der Waals surface area contributed by atoms with Crippen LogP contribution in [0.4, 0.5) is 5.82 Å². The highest BCUT2D eigenvalue weighted by Crippen LogP contribution is 2.33. The first-order valence-corrected chi connectivity index (χ1v) is 10.1. The predicted molar refractivity (Wildman–Crippen MR) is 113 cm³/mol. The lowest BCUT2D eigenvalue weighted by atomic mass is 9.94. The Morgan fingerprint density at radius 2 is 2.04 bits per heavy atom. The van der Waals surface area contributed by atoms with Crippen LogP contribution in [0.2, 0.25) is 5.02 Å². The van der Waals surface area contributed by atoms with Gasteiger partial charge in [0.2, 0.25) is 5.78 Å². The van der Waals surface area contributed by atoms with Crippen LogP contribution in [-0.4, -0.2) is 41.1 Å². The second kappa shape index (κ2) is 7.97.